The van der Waals surface area contributed by atoms with Crippen molar-refractivity contribution in [2.45, 2.75) is 20.0 Å². The molecule has 0 aliphatic carbocycles. The lowest BCUT2D eigenvalue weighted by atomic mass is 10.2. The van der Waals surface area contributed by atoms with Gasteiger partial charge in [-0.15, -0.1) is 0 Å². The molecule has 0 heterocycles. The van der Waals surface area contributed by atoms with Gasteiger partial charge in [0.15, 0.2) is 11.9 Å². The van der Waals surface area contributed by atoms with E-state index in [1.54, 1.807) is 31.2 Å². The fourth-order valence-corrected chi connectivity index (χ4v) is 2.19. The van der Waals surface area contributed by atoms with Crippen LogP contribution in [0, 0.1) is 6.92 Å². The fraction of sp³-hybridized carbons (Fsp3) is 0.188. The van der Waals surface area contributed by atoms with Crippen molar-refractivity contribution >= 4 is 34.8 Å². The van der Waals surface area contributed by atoms with Crippen LogP contribution in [0.3, 0.4) is 0 Å². The second kappa shape index (κ2) is 6.83. The third-order valence-electron chi connectivity index (χ3n) is 2.95. The number of anilines is 1. The molecule has 0 radical (unpaired) electrons. The van der Waals surface area contributed by atoms with Crippen LogP contribution in [0.5, 0.6) is 5.75 Å². The van der Waals surface area contributed by atoms with Crippen molar-refractivity contribution in [2.75, 3.05) is 5.32 Å². The standard InChI is InChI=1S/C16H15Cl2NO2/c1-10-8-9-13(17)15(14(10)18)21-11(2)16(20)19-12-6-4-3-5-7-12/h3-9,11H,1-2H3,(H,19,20)/t11-/m0/s1. The maximum atomic E-state index is 12.1. The van der Waals surface area contributed by atoms with E-state index >= 15 is 0 Å². The van der Waals surface area contributed by atoms with Crippen molar-refractivity contribution < 1.29 is 9.53 Å². The number of aryl methyl sites for hydroxylation is 1. The molecule has 0 saturated carbocycles. The number of rotatable bonds is 4. The van der Waals surface area contributed by atoms with Gasteiger partial charge in [0.2, 0.25) is 0 Å². The highest BCUT2D eigenvalue weighted by Crippen LogP contribution is 2.35. The molecule has 3 nitrogen and oxygen atoms in total. The molecule has 1 atom stereocenters. The molecule has 0 spiro atoms. The van der Waals surface area contributed by atoms with Crippen LogP contribution in [-0.4, -0.2) is 12.0 Å². The van der Waals surface area contributed by atoms with E-state index in [4.69, 9.17) is 27.9 Å². The van der Waals surface area contributed by atoms with Crippen molar-refractivity contribution in [3.63, 3.8) is 0 Å². The number of para-hydroxylation sites is 1. The van der Waals surface area contributed by atoms with Crippen molar-refractivity contribution in [3.8, 4) is 5.75 Å². The summed E-state index contributed by atoms with van der Waals surface area (Å²) >= 11 is 12.2. The minimum absolute atomic E-state index is 0.269. The van der Waals surface area contributed by atoms with E-state index < -0.39 is 6.10 Å². The SMILES string of the molecule is Cc1ccc(Cl)c(O[C@@H](C)C(=O)Nc2ccccc2)c1Cl. The molecule has 0 unspecified atom stereocenters. The van der Waals surface area contributed by atoms with Gasteiger partial charge in [-0.3, -0.25) is 4.79 Å². The van der Waals surface area contributed by atoms with E-state index in [0.717, 1.165) is 5.56 Å². The second-order valence-electron chi connectivity index (χ2n) is 4.62. The molecule has 1 N–H and O–H groups in total. The van der Waals surface area contributed by atoms with Gasteiger partial charge in [0.05, 0.1) is 10.0 Å². The lowest BCUT2D eigenvalue weighted by molar-refractivity contribution is -0.122. The number of carbonyl (C=O) groups excluding carboxylic acids is 1. The molecule has 110 valence electrons. The summed E-state index contributed by atoms with van der Waals surface area (Å²) in [6.07, 6.45) is -0.720. The van der Waals surface area contributed by atoms with Crippen LogP contribution in [-0.2, 0) is 4.79 Å². The Kier molecular flexibility index (Phi) is 5.10. The molecule has 0 fully saturated rings. The van der Waals surface area contributed by atoms with Gasteiger partial charge in [-0.1, -0.05) is 47.5 Å². The third kappa shape index (κ3) is 3.90. The van der Waals surface area contributed by atoms with Crippen LogP contribution in [0.4, 0.5) is 5.69 Å². The Bertz CT molecular complexity index is 644. The number of benzene rings is 2. The lowest BCUT2D eigenvalue weighted by Gasteiger charge is -2.17. The average molecular weight is 324 g/mol. The van der Waals surface area contributed by atoms with E-state index in [2.05, 4.69) is 5.32 Å². The number of carbonyl (C=O) groups is 1. The molecule has 2 aromatic carbocycles. The summed E-state index contributed by atoms with van der Waals surface area (Å²) < 4.78 is 5.61. The van der Waals surface area contributed by atoms with Crippen LogP contribution < -0.4 is 10.1 Å². The Morgan fingerprint density at radius 3 is 2.48 bits per heavy atom. The number of hydrogen-bond donors (Lipinski definition) is 1. The van der Waals surface area contributed by atoms with Crippen LogP contribution >= 0.6 is 23.2 Å². The highest BCUT2D eigenvalue weighted by atomic mass is 35.5. The molecule has 0 aliphatic heterocycles. The predicted octanol–water partition coefficient (Wildman–Crippen LogP) is 4.71. The lowest BCUT2D eigenvalue weighted by Crippen LogP contribution is -2.30. The van der Waals surface area contributed by atoms with Gasteiger partial charge in [-0.25, -0.2) is 0 Å². The van der Waals surface area contributed by atoms with E-state index in [-0.39, 0.29) is 5.91 Å². The highest BCUT2D eigenvalue weighted by Gasteiger charge is 2.19. The van der Waals surface area contributed by atoms with E-state index in [1.165, 1.54) is 0 Å². The zero-order valence-corrected chi connectivity index (χ0v) is 13.2. The zero-order chi connectivity index (χ0) is 15.4. The molecule has 0 saturated heterocycles. The first kappa shape index (κ1) is 15.7. The van der Waals surface area contributed by atoms with Crippen LogP contribution in [0.25, 0.3) is 0 Å². The smallest absolute Gasteiger partial charge is 0.265 e. The summed E-state index contributed by atoms with van der Waals surface area (Å²) in [5, 5.41) is 3.56. The molecule has 1 amide bonds. The van der Waals surface area contributed by atoms with E-state index in [1.807, 2.05) is 25.1 Å². The number of nitrogens with one attached hydrogen (secondary N) is 1. The number of ether oxygens (including phenoxy) is 1. The first-order valence-electron chi connectivity index (χ1n) is 6.46. The minimum Gasteiger partial charge on any atom is -0.478 e. The molecule has 0 bridgehead atoms. The number of amides is 1. The normalized spacial score (nSPS) is 11.8. The summed E-state index contributed by atoms with van der Waals surface area (Å²) in [5.41, 5.74) is 1.55. The van der Waals surface area contributed by atoms with Gasteiger partial charge < -0.3 is 10.1 Å². The largest absolute Gasteiger partial charge is 0.478 e. The maximum absolute atomic E-state index is 12.1. The van der Waals surface area contributed by atoms with E-state index in [9.17, 15) is 4.79 Å². The minimum atomic E-state index is -0.720. The Labute approximate surface area is 133 Å². The van der Waals surface area contributed by atoms with Gasteiger partial charge in [-0.2, -0.15) is 0 Å². The molecular weight excluding hydrogens is 309 g/mol. The van der Waals surface area contributed by atoms with Gasteiger partial charge in [0.25, 0.3) is 5.91 Å². The van der Waals surface area contributed by atoms with Gasteiger partial charge in [0, 0.05) is 5.69 Å². The second-order valence-corrected chi connectivity index (χ2v) is 5.41. The molecule has 2 aromatic rings. The summed E-state index contributed by atoms with van der Waals surface area (Å²) in [7, 11) is 0. The van der Waals surface area contributed by atoms with Crippen molar-refractivity contribution in [1.82, 2.24) is 0 Å². The Balaban J connectivity index is 2.10. The van der Waals surface area contributed by atoms with Crippen molar-refractivity contribution in [3.05, 3.63) is 58.1 Å². The van der Waals surface area contributed by atoms with Crippen molar-refractivity contribution in [2.24, 2.45) is 0 Å². The fourth-order valence-electron chi connectivity index (χ4n) is 1.73. The zero-order valence-electron chi connectivity index (χ0n) is 11.7. The summed E-state index contributed by atoms with van der Waals surface area (Å²) in [5.74, 6) is 0.0592. The third-order valence-corrected chi connectivity index (χ3v) is 3.71. The first-order chi connectivity index (χ1) is 9.99. The quantitative estimate of drug-likeness (QED) is 0.885. The number of halogens is 2. The number of hydrogen-bond acceptors (Lipinski definition) is 2. The molecule has 0 aromatic heterocycles. The van der Waals surface area contributed by atoms with Gasteiger partial charge in [-0.05, 0) is 37.6 Å². The molecule has 0 aliphatic rings. The average Bonchev–Trinajstić information content (AvgIpc) is 2.48. The highest BCUT2D eigenvalue weighted by molar-refractivity contribution is 6.37. The topological polar surface area (TPSA) is 38.3 Å². The summed E-state index contributed by atoms with van der Waals surface area (Å²) in [6.45, 7) is 3.49. The monoisotopic (exact) mass is 323 g/mol. The molecular formula is C16H15Cl2NO2. The van der Waals surface area contributed by atoms with Gasteiger partial charge in [0.1, 0.15) is 0 Å². The predicted molar refractivity (Wildman–Crippen MR) is 86.4 cm³/mol. The Morgan fingerprint density at radius 1 is 1.14 bits per heavy atom. The molecule has 5 heteroatoms. The molecule has 21 heavy (non-hydrogen) atoms. The van der Waals surface area contributed by atoms with Crippen molar-refractivity contribution in [1.29, 1.82) is 0 Å². The Morgan fingerprint density at radius 2 is 1.81 bits per heavy atom. The van der Waals surface area contributed by atoms with Gasteiger partial charge >= 0.3 is 0 Å². The van der Waals surface area contributed by atoms with Crippen LogP contribution in [0.1, 0.15) is 12.5 Å². The maximum Gasteiger partial charge on any atom is 0.265 e. The summed E-state index contributed by atoms with van der Waals surface area (Å²) in [6, 6.07) is 12.7. The van der Waals surface area contributed by atoms with E-state index in [0.29, 0.717) is 21.5 Å². The Hall–Kier alpha value is -1.71. The first-order valence-corrected chi connectivity index (χ1v) is 7.22. The molecule has 2 rings (SSSR count). The summed E-state index contributed by atoms with van der Waals surface area (Å²) in [4.78, 5) is 12.1. The van der Waals surface area contributed by atoms with Crippen LogP contribution in [0.15, 0.2) is 42.5 Å². The van der Waals surface area contributed by atoms with Crippen LogP contribution in [0.2, 0.25) is 10.0 Å².